The van der Waals surface area contributed by atoms with E-state index >= 15 is 0 Å². The van der Waals surface area contributed by atoms with Crippen LogP contribution in [0.4, 0.5) is 5.13 Å². The van der Waals surface area contributed by atoms with Crippen molar-refractivity contribution in [1.29, 1.82) is 0 Å². The first kappa shape index (κ1) is 18.0. The molecule has 0 radical (unpaired) electrons. The molecule has 1 N–H and O–H groups in total. The average molecular weight is 363 g/mol. The maximum absolute atomic E-state index is 12.1. The van der Waals surface area contributed by atoms with Crippen LogP contribution in [0.1, 0.15) is 24.4 Å². The van der Waals surface area contributed by atoms with Crippen LogP contribution in [0.5, 0.6) is 0 Å². The molecule has 0 spiro atoms. The summed E-state index contributed by atoms with van der Waals surface area (Å²) >= 11 is 1.33. The maximum atomic E-state index is 12.1. The minimum atomic E-state index is -0.0543. The second-order valence-corrected chi connectivity index (χ2v) is 7.60. The van der Waals surface area contributed by atoms with Crippen LogP contribution in [0.3, 0.4) is 0 Å². The zero-order valence-electron chi connectivity index (χ0n) is 14.9. The zero-order chi connectivity index (χ0) is 17.8. The smallest absolute Gasteiger partial charge is 0.240 e. The molecule has 25 heavy (non-hydrogen) atoms. The van der Waals surface area contributed by atoms with E-state index in [1.165, 1.54) is 23.3 Å². The molecule has 1 saturated heterocycles. The standard InChI is InChI=1S/C16H25N7OS/c1-21(10-14(24)19-16-20-17-11-25-16)8-12-5-4-6-22(2)15(12)13-7-18-23(3)9-13/h7,9,11-12,15H,4-6,8,10H2,1-3H3,(H,19,20,24)/t12-,15+/m0/s1. The SMILES string of the molecule is CN(CC(=O)Nc1nncs1)C[C@@H]1CCCN(C)[C@H]1c1cnn(C)c1. The largest absolute Gasteiger partial charge is 0.299 e. The number of nitrogens with zero attached hydrogens (tertiary/aromatic N) is 6. The van der Waals surface area contributed by atoms with Crippen LogP contribution >= 0.6 is 11.3 Å². The summed E-state index contributed by atoms with van der Waals surface area (Å²) in [7, 11) is 6.12. The van der Waals surface area contributed by atoms with Crippen molar-refractivity contribution in [1.82, 2.24) is 29.8 Å². The normalized spacial score (nSPS) is 21.6. The van der Waals surface area contributed by atoms with Crippen molar-refractivity contribution in [3.8, 4) is 0 Å². The summed E-state index contributed by atoms with van der Waals surface area (Å²) in [6, 6.07) is 0.344. The highest BCUT2D eigenvalue weighted by atomic mass is 32.1. The summed E-state index contributed by atoms with van der Waals surface area (Å²) in [6.45, 7) is 2.31. The Labute approximate surface area is 151 Å². The van der Waals surface area contributed by atoms with Gasteiger partial charge in [-0.2, -0.15) is 5.10 Å². The fraction of sp³-hybridized carbons (Fsp3) is 0.625. The molecule has 1 amide bonds. The van der Waals surface area contributed by atoms with Crippen molar-refractivity contribution in [2.24, 2.45) is 13.0 Å². The lowest BCUT2D eigenvalue weighted by Gasteiger charge is -2.40. The summed E-state index contributed by atoms with van der Waals surface area (Å²) in [5, 5.41) is 15.2. The minimum Gasteiger partial charge on any atom is -0.299 e. The van der Waals surface area contributed by atoms with E-state index in [1.807, 2.05) is 25.0 Å². The van der Waals surface area contributed by atoms with Crippen LogP contribution in [0.25, 0.3) is 0 Å². The molecule has 2 atom stereocenters. The highest BCUT2D eigenvalue weighted by Crippen LogP contribution is 2.35. The van der Waals surface area contributed by atoms with Crippen LogP contribution in [-0.4, -0.2) is 69.4 Å². The van der Waals surface area contributed by atoms with Gasteiger partial charge in [0.25, 0.3) is 0 Å². The number of nitrogens with one attached hydrogen (secondary N) is 1. The van der Waals surface area contributed by atoms with Gasteiger partial charge in [0.1, 0.15) is 5.51 Å². The van der Waals surface area contributed by atoms with Gasteiger partial charge in [0, 0.05) is 31.4 Å². The molecule has 0 unspecified atom stereocenters. The first-order chi connectivity index (χ1) is 12.0. The maximum Gasteiger partial charge on any atom is 0.240 e. The van der Waals surface area contributed by atoms with E-state index in [-0.39, 0.29) is 5.91 Å². The lowest BCUT2D eigenvalue weighted by Crippen LogP contribution is -2.42. The molecule has 9 heteroatoms. The Morgan fingerprint density at radius 3 is 3.00 bits per heavy atom. The Morgan fingerprint density at radius 1 is 1.48 bits per heavy atom. The quantitative estimate of drug-likeness (QED) is 0.831. The van der Waals surface area contributed by atoms with Gasteiger partial charge in [-0.15, -0.1) is 10.2 Å². The van der Waals surface area contributed by atoms with Gasteiger partial charge in [0.05, 0.1) is 12.7 Å². The van der Waals surface area contributed by atoms with Gasteiger partial charge < -0.3 is 0 Å². The number of carbonyl (C=O) groups is 1. The number of carbonyl (C=O) groups excluding carboxylic acids is 1. The van der Waals surface area contributed by atoms with Gasteiger partial charge in [-0.05, 0) is 39.4 Å². The number of anilines is 1. The van der Waals surface area contributed by atoms with Crippen LogP contribution in [0.2, 0.25) is 0 Å². The molecule has 2 aromatic heterocycles. The molecule has 3 rings (SSSR count). The van der Waals surface area contributed by atoms with Gasteiger partial charge in [-0.25, -0.2) is 0 Å². The molecule has 8 nitrogen and oxygen atoms in total. The monoisotopic (exact) mass is 363 g/mol. The molecule has 0 aliphatic carbocycles. The molecular weight excluding hydrogens is 338 g/mol. The molecule has 1 aliphatic rings. The Morgan fingerprint density at radius 2 is 2.32 bits per heavy atom. The Kier molecular flexibility index (Phi) is 5.77. The second kappa shape index (κ2) is 8.03. The van der Waals surface area contributed by atoms with Crippen molar-refractivity contribution in [2.45, 2.75) is 18.9 Å². The summed E-state index contributed by atoms with van der Waals surface area (Å²) in [5.41, 5.74) is 2.86. The topological polar surface area (TPSA) is 79.2 Å². The number of aryl methyl sites for hydroxylation is 1. The van der Waals surface area contributed by atoms with Crippen molar-refractivity contribution in [3.63, 3.8) is 0 Å². The van der Waals surface area contributed by atoms with Crippen molar-refractivity contribution < 1.29 is 4.79 Å². The van der Waals surface area contributed by atoms with E-state index < -0.39 is 0 Å². The predicted molar refractivity (Wildman–Crippen MR) is 97.3 cm³/mol. The van der Waals surface area contributed by atoms with Gasteiger partial charge in [-0.3, -0.25) is 24.6 Å². The molecule has 1 fully saturated rings. The molecule has 0 saturated carbocycles. The van der Waals surface area contributed by atoms with E-state index in [0.29, 0.717) is 23.6 Å². The molecule has 1 aliphatic heterocycles. The molecular formula is C16H25N7OS. The predicted octanol–water partition coefficient (Wildman–Crippen LogP) is 1.22. The number of hydrogen-bond acceptors (Lipinski definition) is 7. The van der Waals surface area contributed by atoms with Crippen molar-refractivity contribution in [3.05, 3.63) is 23.5 Å². The van der Waals surface area contributed by atoms with Gasteiger partial charge in [-0.1, -0.05) is 11.3 Å². The highest BCUT2D eigenvalue weighted by Gasteiger charge is 2.32. The average Bonchev–Trinajstić information content (AvgIpc) is 3.19. The zero-order valence-corrected chi connectivity index (χ0v) is 15.7. The Balaban J connectivity index is 1.60. The number of piperidine rings is 1. The second-order valence-electron chi connectivity index (χ2n) is 6.76. The Bertz CT molecular complexity index is 686. The van der Waals surface area contributed by atoms with E-state index in [9.17, 15) is 4.79 Å². The number of aromatic nitrogens is 4. The third kappa shape index (κ3) is 4.62. The number of likely N-dealkylation sites (N-methyl/N-ethyl adjacent to an activating group) is 1. The van der Waals surface area contributed by atoms with Crippen LogP contribution in [-0.2, 0) is 11.8 Å². The van der Waals surface area contributed by atoms with E-state index in [1.54, 1.807) is 5.51 Å². The Hall–Kier alpha value is -1.84. The molecule has 136 valence electrons. The molecule has 3 heterocycles. The van der Waals surface area contributed by atoms with Crippen LogP contribution in [0, 0.1) is 5.92 Å². The molecule has 0 bridgehead atoms. The summed E-state index contributed by atoms with van der Waals surface area (Å²) in [4.78, 5) is 16.6. The number of rotatable bonds is 6. The lowest BCUT2D eigenvalue weighted by atomic mass is 9.86. The van der Waals surface area contributed by atoms with E-state index in [2.05, 4.69) is 43.7 Å². The highest BCUT2D eigenvalue weighted by molar-refractivity contribution is 7.13. The van der Waals surface area contributed by atoms with E-state index in [4.69, 9.17) is 0 Å². The van der Waals surface area contributed by atoms with Crippen molar-refractivity contribution in [2.75, 3.05) is 39.0 Å². The number of hydrogen-bond donors (Lipinski definition) is 1. The number of likely N-dealkylation sites (tertiary alicyclic amines) is 1. The third-order valence-electron chi connectivity index (χ3n) is 4.64. The van der Waals surface area contributed by atoms with Gasteiger partial charge in [0.15, 0.2) is 0 Å². The fourth-order valence-electron chi connectivity index (χ4n) is 3.67. The van der Waals surface area contributed by atoms with Gasteiger partial charge >= 0.3 is 0 Å². The number of amides is 1. The summed E-state index contributed by atoms with van der Waals surface area (Å²) in [5.74, 6) is 0.420. The third-order valence-corrected chi connectivity index (χ3v) is 5.25. The summed E-state index contributed by atoms with van der Waals surface area (Å²) in [6.07, 6.45) is 6.40. The lowest BCUT2D eigenvalue weighted by molar-refractivity contribution is -0.117. The van der Waals surface area contributed by atoms with E-state index in [0.717, 1.165) is 19.5 Å². The first-order valence-electron chi connectivity index (χ1n) is 8.46. The summed E-state index contributed by atoms with van der Waals surface area (Å²) < 4.78 is 1.86. The van der Waals surface area contributed by atoms with Crippen LogP contribution < -0.4 is 5.32 Å². The molecule has 0 aromatic carbocycles. The van der Waals surface area contributed by atoms with Crippen LogP contribution in [0.15, 0.2) is 17.9 Å². The first-order valence-corrected chi connectivity index (χ1v) is 9.34. The van der Waals surface area contributed by atoms with Gasteiger partial charge in [0.2, 0.25) is 11.0 Å². The molecule has 2 aromatic rings. The minimum absolute atomic E-state index is 0.0543. The fourth-order valence-corrected chi connectivity index (χ4v) is 4.13. The van der Waals surface area contributed by atoms with Crippen molar-refractivity contribution >= 4 is 22.4 Å².